The minimum atomic E-state index is -3.39. The maximum Gasteiger partial charge on any atom is 0.236 e. The summed E-state index contributed by atoms with van der Waals surface area (Å²) >= 11 is 0. The zero-order chi connectivity index (χ0) is 24.0. The number of piperazine rings is 1. The number of carbonyl (C=O) groups excluding carboxylic acids is 1. The van der Waals surface area contributed by atoms with Gasteiger partial charge in [-0.05, 0) is 36.2 Å². The van der Waals surface area contributed by atoms with Gasteiger partial charge in [-0.15, -0.1) is 0 Å². The van der Waals surface area contributed by atoms with Crippen LogP contribution in [0, 0.1) is 11.3 Å². The fourth-order valence-electron chi connectivity index (χ4n) is 4.52. The molecule has 0 saturated carbocycles. The number of hydrogen-bond donors (Lipinski definition) is 0. The first-order valence-electron chi connectivity index (χ1n) is 11.7. The number of anilines is 1. The first kappa shape index (κ1) is 24.2. The van der Waals surface area contributed by atoms with Crippen molar-refractivity contribution in [2.24, 2.45) is 0 Å². The molecule has 0 unspecified atom stereocenters. The lowest BCUT2D eigenvalue weighted by Gasteiger charge is -2.35. The minimum absolute atomic E-state index is 0.00863. The van der Waals surface area contributed by atoms with Crippen molar-refractivity contribution in [1.82, 2.24) is 14.1 Å². The Balaban J connectivity index is 1.25. The highest BCUT2D eigenvalue weighted by Gasteiger charge is 2.29. The molecule has 2 aromatic carbocycles. The summed E-state index contributed by atoms with van der Waals surface area (Å²) < 4.78 is 27.0. The summed E-state index contributed by atoms with van der Waals surface area (Å²) in [6.07, 6.45) is 0.957. The van der Waals surface area contributed by atoms with Gasteiger partial charge in [0, 0.05) is 58.0 Å². The zero-order valence-corrected chi connectivity index (χ0v) is 20.2. The minimum Gasteiger partial charge on any atom is -0.370 e. The highest BCUT2D eigenvalue weighted by Crippen LogP contribution is 2.18. The average Bonchev–Trinajstić information content (AvgIpc) is 3.10. The predicted molar refractivity (Wildman–Crippen MR) is 132 cm³/mol. The van der Waals surface area contributed by atoms with Gasteiger partial charge >= 0.3 is 0 Å². The molecular weight excluding hydrogens is 450 g/mol. The lowest BCUT2D eigenvalue weighted by Crippen LogP contribution is -2.53. The molecule has 9 heteroatoms. The number of rotatable bonds is 6. The van der Waals surface area contributed by atoms with E-state index in [0.29, 0.717) is 38.3 Å². The monoisotopic (exact) mass is 481 g/mol. The third kappa shape index (κ3) is 6.14. The standard InChI is InChI=1S/C25H31N5O3S/c26-19-22-7-9-24(10-8-22)28-12-4-11-27(13-14-28)20-25(31)29-15-17-30(18-16-29)34(32,33)21-23-5-2-1-3-6-23/h1-3,5-10H,4,11-18,20-21H2. The van der Waals surface area contributed by atoms with Crippen molar-refractivity contribution in [3.8, 4) is 6.07 Å². The van der Waals surface area contributed by atoms with E-state index in [4.69, 9.17) is 5.26 Å². The molecule has 4 rings (SSSR count). The highest BCUT2D eigenvalue weighted by molar-refractivity contribution is 7.88. The molecule has 180 valence electrons. The smallest absolute Gasteiger partial charge is 0.236 e. The fourth-order valence-corrected chi connectivity index (χ4v) is 6.03. The number of benzene rings is 2. The van der Waals surface area contributed by atoms with Gasteiger partial charge in [-0.3, -0.25) is 9.69 Å². The van der Waals surface area contributed by atoms with Gasteiger partial charge in [0.1, 0.15) is 0 Å². The van der Waals surface area contributed by atoms with E-state index in [1.54, 1.807) is 4.90 Å². The van der Waals surface area contributed by atoms with E-state index in [-0.39, 0.29) is 11.7 Å². The molecule has 0 atom stereocenters. The molecule has 2 heterocycles. The maximum absolute atomic E-state index is 12.9. The summed E-state index contributed by atoms with van der Waals surface area (Å²) in [6, 6.07) is 19.0. The second-order valence-corrected chi connectivity index (χ2v) is 10.8. The molecule has 0 radical (unpaired) electrons. The van der Waals surface area contributed by atoms with Crippen LogP contribution in [0.3, 0.4) is 0 Å². The Morgan fingerprint density at radius 3 is 2.24 bits per heavy atom. The van der Waals surface area contributed by atoms with E-state index in [1.165, 1.54) is 4.31 Å². The Labute approximate surface area is 202 Å². The van der Waals surface area contributed by atoms with E-state index in [9.17, 15) is 13.2 Å². The van der Waals surface area contributed by atoms with Crippen molar-refractivity contribution >= 4 is 21.6 Å². The second-order valence-electron chi connectivity index (χ2n) is 8.80. The number of amides is 1. The van der Waals surface area contributed by atoms with Crippen molar-refractivity contribution in [2.45, 2.75) is 12.2 Å². The highest BCUT2D eigenvalue weighted by atomic mass is 32.2. The van der Waals surface area contributed by atoms with Crippen LogP contribution in [0.5, 0.6) is 0 Å². The topological polar surface area (TPSA) is 88.0 Å². The van der Waals surface area contributed by atoms with E-state index >= 15 is 0 Å². The molecule has 2 aliphatic heterocycles. The van der Waals surface area contributed by atoms with Gasteiger partial charge in [-0.2, -0.15) is 9.57 Å². The van der Waals surface area contributed by atoms with Crippen LogP contribution < -0.4 is 4.90 Å². The number of sulfonamides is 1. The van der Waals surface area contributed by atoms with Crippen molar-refractivity contribution in [3.05, 3.63) is 65.7 Å². The molecule has 0 aliphatic carbocycles. The van der Waals surface area contributed by atoms with Gasteiger partial charge in [0.15, 0.2) is 0 Å². The summed E-state index contributed by atoms with van der Waals surface area (Å²) in [5, 5.41) is 8.99. The third-order valence-electron chi connectivity index (χ3n) is 6.49. The number of carbonyl (C=O) groups is 1. The third-order valence-corrected chi connectivity index (χ3v) is 8.34. The average molecular weight is 482 g/mol. The molecule has 2 aliphatic rings. The van der Waals surface area contributed by atoms with Crippen LogP contribution in [-0.4, -0.2) is 87.3 Å². The normalized spacial score (nSPS) is 18.3. The van der Waals surface area contributed by atoms with Gasteiger partial charge in [-0.1, -0.05) is 30.3 Å². The first-order chi connectivity index (χ1) is 16.4. The summed E-state index contributed by atoms with van der Waals surface area (Å²) in [5.41, 5.74) is 2.52. The Bertz CT molecular complexity index is 1110. The van der Waals surface area contributed by atoms with Gasteiger partial charge in [0.05, 0.1) is 23.9 Å². The molecule has 2 aromatic rings. The number of nitriles is 1. The first-order valence-corrected chi connectivity index (χ1v) is 13.3. The molecule has 0 aromatic heterocycles. The van der Waals surface area contributed by atoms with Gasteiger partial charge in [0.25, 0.3) is 0 Å². The Morgan fingerprint density at radius 1 is 0.853 bits per heavy atom. The van der Waals surface area contributed by atoms with Crippen LogP contribution in [0.2, 0.25) is 0 Å². The van der Waals surface area contributed by atoms with E-state index < -0.39 is 10.0 Å². The Kier molecular flexibility index (Phi) is 7.83. The van der Waals surface area contributed by atoms with Gasteiger partial charge < -0.3 is 9.80 Å². The van der Waals surface area contributed by atoms with Crippen LogP contribution >= 0.6 is 0 Å². The second kappa shape index (κ2) is 11.0. The number of nitrogens with zero attached hydrogens (tertiary/aromatic N) is 5. The van der Waals surface area contributed by atoms with Gasteiger partial charge in [0.2, 0.25) is 15.9 Å². The van der Waals surface area contributed by atoms with Crippen LogP contribution in [0.1, 0.15) is 17.5 Å². The molecule has 2 saturated heterocycles. The predicted octanol–water partition coefficient (Wildman–Crippen LogP) is 1.74. The van der Waals surface area contributed by atoms with E-state index in [0.717, 1.165) is 43.9 Å². The molecule has 0 bridgehead atoms. The molecule has 8 nitrogen and oxygen atoms in total. The molecule has 2 fully saturated rings. The van der Waals surface area contributed by atoms with Crippen LogP contribution in [0.15, 0.2) is 54.6 Å². The fraction of sp³-hybridized carbons (Fsp3) is 0.440. The Morgan fingerprint density at radius 2 is 1.56 bits per heavy atom. The van der Waals surface area contributed by atoms with E-state index in [2.05, 4.69) is 15.9 Å². The summed E-state index contributed by atoms with van der Waals surface area (Å²) in [5.74, 6) is 0.0533. The van der Waals surface area contributed by atoms with E-state index in [1.807, 2.05) is 54.6 Å². The summed E-state index contributed by atoms with van der Waals surface area (Å²) in [6.45, 7) is 5.27. The van der Waals surface area contributed by atoms with Gasteiger partial charge in [-0.25, -0.2) is 8.42 Å². The molecule has 1 amide bonds. The van der Waals surface area contributed by atoms with Crippen molar-refractivity contribution < 1.29 is 13.2 Å². The number of hydrogen-bond acceptors (Lipinski definition) is 6. The van der Waals surface area contributed by atoms with Crippen molar-refractivity contribution in [1.29, 1.82) is 5.26 Å². The molecule has 0 spiro atoms. The van der Waals surface area contributed by atoms with Crippen molar-refractivity contribution in [3.63, 3.8) is 0 Å². The lowest BCUT2D eigenvalue weighted by molar-refractivity contribution is -0.133. The lowest BCUT2D eigenvalue weighted by atomic mass is 10.2. The molecule has 0 N–H and O–H groups in total. The van der Waals surface area contributed by atoms with Crippen LogP contribution in [0.25, 0.3) is 0 Å². The molecule has 34 heavy (non-hydrogen) atoms. The largest absolute Gasteiger partial charge is 0.370 e. The maximum atomic E-state index is 12.9. The molecular formula is C25H31N5O3S. The quantitative estimate of drug-likeness (QED) is 0.625. The summed E-state index contributed by atoms with van der Waals surface area (Å²) in [4.78, 5) is 19.2. The van der Waals surface area contributed by atoms with Crippen LogP contribution in [0.4, 0.5) is 5.69 Å². The summed E-state index contributed by atoms with van der Waals surface area (Å²) in [7, 11) is -3.39. The SMILES string of the molecule is N#Cc1ccc(N2CCCN(CC(=O)N3CCN(S(=O)(=O)Cc4ccccc4)CC3)CC2)cc1. The van der Waals surface area contributed by atoms with Crippen molar-refractivity contribution in [2.75, 3.05) is 63.8 Å². The van der Waals surface area contributed by atoms with Crippen LogP contribution in [-0.2, 0) is 20.6 Å². The Hall–Kier alpha value is -2.93. The zero-order valence-electron chi connectivity index (χ0n) is 19.3.